The molecular weight excluding hydrogens is 322 g/mol. The van der Waals surface area contributed by atoms with Crippen LogP contribution in [0.2, 0.25) is 0 Å². The molecule has 0 fully saturated rings. The molecule has 106 valence electrons. The largest absolute Gasteiger partial charge is 0.475 e. The van der Waals surface area contributed by atoms with Gasteiger partial charge in [0.15, 0.2) is 0 Å². The van der Waals surface area contributed by atoms with E-state index >= 15 is 0 Å². The van der Waals surface area contributed by atoms with Gasteiger partial charge in [-0.25, -0.2) is 4.79 Å². The Morgan fingerprint density at radius 3 is 2.75 bits per heavy atom. The first-order valence-corrected chi connectivity index (χ1v) is 7.09. The summed E-state index contributed by atoms with van der Waals surface area (Å²) < 4.78 is 6.08. The van der Waals surface area contributed by atoms with E-state index in [0.29, 0.717) is 12.1 Å². The first kappa shape index (κ1) is 14.8. The van der Waals surface area contributed by atoms with E-state index in [9.17, 15) is 4.79 Å². The van der Waals surface area contributed by atoms with Crippen LogP contribution < -0.4 is 0 Å². The maximum Gasteiger partial charge on any atom is 0.372 e. The number of rotatable bonds is 6. The molecule has 1 aromatic carbocycles. The van der Waals surface area contributed by atoms with E-state index in [4.69, 9.17) is 9.52 Å². The summed E-state index contributed by atoms with van der Waals surface area (Å²) >= 11 is 3.53. The van der Waals surface area contributed by atoms with Crippen LogP contribution in [0, 0.1) is 0 Å². The Morgan fingerprint density at radius 2 is 2.05 bits per heavy atom. The highest BCUT2D eigenvalue weighted by atomic mass is 79.9. The lowest BCUT2D eigenvalue weighted by molar-refractivity contribution is 0.0659. The lowest BCUT2D eigenvalue weighted by Gasteiger charge is -2.16. The highest BCUT2D eigenvalue weighted by Crippen LogP contribution is 2.17. The highest BCUT2D eigenvalue weighted by Gasteiger charge is 2.15. The second-order valence-electron chi connectivity index (χ2n) is 4.66. The Morgan fingerprint density at radius 1 is 1.30 bits per heavy atom. The van der Waals surface area contributed by atoms with E-state index < -0.39 is 5.97 Å². The standard InChI is InChI=1S/C15H16BrNO3/c1-17(8-6-11-4-2-3-5-13(11)16)10-12-7-9-20-14(12)15(18)19/h2-5,7,9H,6,8,10H2,1H3,(H,18,19). The Hall–Kier alpha value is -1.59. The molecule has 1 aromatic heterocycles. The predicted molar refractivity (Wildman–Crippen MR) is 79.8 cm³/mol. The molecule has 0 aliphatic heterocycles. The molecule has 1 heterocycles. The minimum atomic E-state index is -1.02. The Balaban J connectivity index is 1.93. The van der Waals surface area contributed by atoms with Gasteiger partial charge in [0.05, 0.1) is 6.26 Å². The van der Waals surface area contributed by atoms with E-state index in [0.717, 1.165) is 17.4 Å². The second-order valence-corrected chi connectivity index (χ2v) is 5.51. The fraction of sp³-hybridized carbons (Fsp3) is 0.267. The molecule has 0 unspecified atom stereocenters. The lowest BCUT2D eigenvalue weighted by Crippen LogP contribution is -2.21. The number of hydrogen-bond acceptors (Lipinski definition) is 3. The van der Waals surface area contributed by atoms with Gasteiger partial charge in [-0.2, -0.15) is 0 Å². The molecule has 2 aromatic rings. The number of halogens is 1. The van der Waals surface area contributed by atoms with Crippen LogP contribution >= 0.6 is 15.9 Å². The van der Waals surface area contributed by atoms with E-state index in [1.165, 1.54) is 11.8 Å². The zero-order chi connectivity index (χ0) is 14.5. The maximum atomic E-state index is 11.0. The number of hydrogen-bond donors (Lipinski definition) is 1. The fourth-order valence-corrected chi connectivity index (χ4v) is 2.51. The second kappa shape index (κ2) is 6.72. The van der Waals surface area contributed by atoms with Gasteiger partial charge in [-0.05, 0) is 31.2 Å². The van der Waals surface area contributed by atoms with Gasteiger partial charge in [-0.1, -0.05) is 34.1 Å². The number of carbonyl (C=O) groups is 1. The van der Waals surface area contributed by atoms with Crippen molar-refractivity contribution in [1.29, 1.82) is 0 Å². The molecule has 0 radical (unpaired) electrons. The summed E-state index contributed by atoms with van der Waals surface area (Å²) in [5.74, 6) is -0.998. The van der Waals surface area contributed by atoms with Gasteiger partial charge in [-0.3, -0.25) is 0 Å². The number of carboxylic acids is 1. The van der Waals surface area contributed by atoms with Crippen molar-refractivity contribution in [2.75, 3.05) is 13.6 Å². The van der Waals surface area contributed by atoms with E-state index in [-0.39, 0.29) is 5.76 Å². The number of carboxylic acid groups (broad SMARTS) is 1. The fourth-order valence-electron chi connectivity index (χ4n) is 2.03. The van der Waals surface area contributed by atoms with Crippen molar-refractivity contribution >= 4 is 21.9 Å². The van der Waals surface area contributed by atoms with Crippen molar-refractivity contribution in [3.05, 3.63) is 58.0 Å². The van der Waals surface area contributed by atoms with Gasteiger partial charge < -0.3 is 14.4 Å². The summed E-state index contributed by atoms with van der Waals surface area (Å²) in [6.07, 6.45) is 2.32. The first-order chi connectivity index (χ1) is 9.58. The first-order valence-electron chi connectivity index (χ1n) is 6.29. The van der Waals surface area contributed by atoms with E-state index in [1.807, 2.05) is 25.2 Å². The average molecular weight is 338 g/mol. The molecule has 0 atom stereocenters. The summed E-state index contributed by atoms with van der Waals surface area (Å²) in [5.41, 5.74) is 1.94. The number of nitrogens with zero attached hydrogens (tertiary/aromatic N) is 1. The molecule has 0 bridgehead atoms. The quantitative estimate of drug-likeness (QED) is 0.877. The third kappa shape index (κ3) is 3.71. The van der Waals surface area contributed by atoms with Crippen molar-refractivity contribution in [2.24, 2.45) is 0 Å². The monoisotopic (exact) mass is 337 g/mol. The number of furan rings is 1. The molecular formula is C15H16BrNO3. The smallest absolute Gasteiger partial charge is 0.372 e. The SMILES string of the molecule is CN(CCc1ccccc1Br)Cc1ccoc1C(=O)O. The molecule has 0 amide bonds. The highest BCUT2D eigenvalue weighted by molar-refractivity contribution is 9.10. The van der Waals surface area contributed by atoms with Crippen LogP contribution in [0.1, 0.15) is 21.7 Å². The van der Waals surface area contributed by atoms with Gasteiger partial charge in [-0.15, -0.1) is 0 Å². The summed E-state index contributed by atoms with van der Waals surface area (Å²) in [5, 5.41) is 8.99. The third-order valence-corrected chi connectivity index (χ3v) is 3.88. The van der Waals surface area contributed by atoms with Crippen LogP contribution in [0.25, 0.3) is 0 Å². The number of aromatic carboxylic acids is 1. The summed E-state index contributed by atoms with van der Waals surface area (Å²) in [6, 6.07) is 9.81. The molecule has 0 aliphatic rings. The van der Waals surface area contributed by atoms with Crippen LogP contribution in [0.15, 0.2) is 45.5 Å². The van der Waals surface area contributed by atoms with Gasteiger partial charge in [0, 0.05) is 23.1 Å². The van der Waals surface area contributed by atoms with Crippen molar-refractivity contribution in [3.8, 4) is 0 Å². The summed E-state index contributed by atoms with van der Waals surface area (Å²) in [7, 11) is 1.97. The lowest BCUT2D eigenvalue weighted by atomic mass is 10.1. The molecule has 0 saturated carbocycles. The molecule has 1 N–H and O–H groups in total. The Labute approximate surface area is 126 Å². The Kier molecular flexibility index (Phi) is 4.98. The van der Waals surface area contributed by atoms with Crippen molar-refractivity contribution < 1.29 is 14.3 Å². The van der Waals surface area contributed by atoms with Gasteiger partial charge in [0.1, 0.15) is 0 Å². The summed E-state index contributed by atoms with van der Waals surface area (Å²) in [4.78, 5) is 13.0. The normalized spacial score (nSPS) is 10.9. The molecule has 0 spiro atoms. The molecule has 0 aliphatic carbocycles. The number of likely N-dealkylation sites (N-methyl/N-ethyl adjacent to an activating group) is 1. The van der Waals surface area contributed by atoms with Crippen LogP contribution in [0.3, 0.4) is 0 Å². The average Bonchev–Trinajstić information content (AvgIpc) is 2.86. The van der Waals surface area contributed by atoms with E-state index in [1.54, 1.807) is 6.07 Å². The van der Waals surface area contributed by atoms with Crippen LogP contribution in [0.5, 0.6) is 0 Å². The van der Waals surface area contributed by atoms with Crippen molar-refractivity contribution in [2.45, 2.75) is 13.0 Å². The summed E-state index contributed by atoms with van der Waals surface area (Å²) in [6.45, 7) is 1.40. The zero-order valence-electron chi connectivity index (χ0n) is 11.2. The molecule has 5 heteroatoms. The Bertz CT molecular complexity index is 594. The molecule has 2 rings (SSSR count). The maximum absolute atomic E-state index is 11.0. The third-order valence-electron chi connectivity index (χ3n) is 3.10. The minimum Gasteiger partial charge on any atom is -0.475 e. The van der Waals surface area contributed by atoms with Crippen LogP contribution in [-0.4, -0.2) is 29.6 Å². The van der Waals surface area contributed by atoms with Crippen LogP contribution in [0.4, 0.5) is 0 Å². The zero-order valence-corrected chi connectivity index (χ0v) is 12.8. The molecule has 4 nitrogen and oxygen atoms in total. The van der Waals surface area contributed by atoms with E-state index in [2.05, 4.69) is 26.9 Å². The van der Waals surface area contributed by atoms with Gasteiger partial charge in [0.2, 0.25) is 5.76 Å². The topological polar surface area (TPSA) is 53.7 Å². The van der Waals surface area contributed by atoms with Gasteiger partial charge in [0.25, 0.3) is 0 Å². The minimum absolute atomic E-state index is 0.0257. The molecule has 20 heavy (non-hydrogen) atoms. The van der Waals surface area contributed by atoms with Crippen molar-refractivity contribution in [1.82, 2.24) is 4.90 Å². The van der Waals surface area contributed by atoms with Crippen molar-refractivity contribution in [3.63, 3.8) is 0 Å². The van der Waals surface area contributed by atoms with Gasteiger partial charge >= 0.3 is 5.97 Å². The van der Waals surface area contributed by atoms with Crippen LogP contribution in [-0.2, 0) is 13.0 Å². The number of benzene rings is 1. The molecule has 0 saturated heterocycles. The predicted octanol–water partition coefficient (Wildman–Crippen LogP) is 3.41.